The third-order valence-electron chi connectivity index (χ3n) is 0.597. The second kappa shape index (κ2) is 1.69. The Balaban J connectivity index is 2.08. The van der Waals surface area contributed by atoms with Crippen LogP contribution in [0.1, 0.15) is 0 Å². The Labute approximate surface area is 49.8 Å². The summed E-state index contributed by atoms with van der Waals surface area (Å²) in [6, 6.07) is 0. The lowest BCUT2D eigenvalue weighted by Crippen LogP contribution is -2.15. The van der Waals surface area contributed by atoms with E-state index in [1.54, 1.807) is 0 Å². The molecule has 0 aliphatic carbocycles. The zero-order valence-corrected chi connectivity index (χ0v) is 5.75. The van der Waals surface area contributed by atoms with Gasteiger partial charge in [0, 0.05) is 15.4 Å². The van der Waals surface area contributed by atoms with Crippen molar-refractivity contribution in [2.45, 2.75) is 3.92 Å². The van der Waals surface area contributed by atoms with Crippen molar-refractivity contribution in [3.63, 3.8) is 0 Å². The Morgan fingerprint density at radius 1 is 1.60 bits per heavy atom. The highest BCUT2D eigenvalue weighted by Crippen LogP contribution is 2.24. The third-order valence-corrected chi connectivity index (χ3v) is 3.95. The van der Waals surface area contributed by atoms with E-state index >= 15 is 0 Å². The molecule has 30 valence electrons. The Hall–Kier alpha value is 1.08. The van der Waals surface area contributed by atoms with E-state index in [1.807, 2.05) is 11.8 Å². The van der Waals surface area contributed by atoms with Crippen LogP contribution in [0.5, 0.6) is 0 Å². The van der Waals surface area contributed by atoms with Crippen LogP contribution >= 0.6 is 34.4 Å². The fourth-order valence-electron chi connectivity index (χ4n) is 0.207. The van der Waals surface area contributed by atoms with E-state index in [4.69, 9.17) is 0 Å². The second-order valence-corrected chi connectivity index (χ2v) is 3.97. The number of halogens is 1. The van der Waals surface area contributed by atoms with Gasteiger partial charge >= 0.3 is 0 Å². The van der Waals surface area contributed by atoms with Crippen LogP contribution in [0.15, 0.2) is 0 Å². The second-order valence-electron chi connectivity index (χ2n) is 1.13. The third kappa shape index (κ3) is 0.961. The number of thioether (sulfide) groups is 1. The molecular weight excluding hydrogens is 195 g/mol. The number of rotatable bonds is 0. The summed E-state index contributed by atoms with van der Waals surface area (Å²) in [6.07, 6.45) is 0. The molecule has 0 amide bonds. The van der Waals surface area contributed by atoms with E-state index in [0.29, 0.717) is 0 Å². The zero-order chi connectivity index (χ0) is 3.70. The quantitative estimate of drug-likeness (QED) is 0.422. The maximum Gasteiger partial charge on any atom is 0.0291 e. The van der Waals surface area contributed by atoms with E-state index < -0.39 is 0 Å². The molecule has 1 fully saturated rings. The minimum atomic E-state index is 0.998. The molecule has 1 aliphatic heterocycles. The largest absolute Gasteiger partial charge is 0.160 e. The Kier molecular flexibility index (Phi) is 1.43. The molecule has 0 N–H and O–H groups in total. The molecule has 0 atom stereocenters. The normalized spacial score (nSPS) is 25.8. The summed E-state index contributed by atoms with van der Waals surface area (Å²) < 4.78 is 0.998. The Morgan fingerprint density at radius 2 is 2.00 bits per heavy atom. The van der Waals surface area contributed by atoms with Crippen LogP contribution in [0.3, 0.4) is 0 Å². The molecular formula is C3H5IS. The maximum atomic E-state index is 2.47. The molecule has 0 nitrogen and oxygen atoms in total. The van der Waals surface area contributed by atoms with Crippen LogP contribution in [0, 0.1) is 0 Å². The molecule has 0 saturated carbocycles. The van der Waals surface area contributed by atoms with Gasteiger partial charge in [0.05, 0.1) is 0 Å². The molecule has 1 rings (SSSR count). The molecule has 1 saturated heterocycles. The van der Waals surface area contributed by atoms with Crippen molar-refractivity contribution in [1.82, 2.24) is 0 Å². The predicted molar refractivity (Wildman–Crippen MR) is 35.1 cm³/mol. The van der Waals surface area contributed by atoms with Crippen LogP contribution in [-0.2, 0) is 0 Å². The standard InChI is InChI=1S/C3H5IS/c4-3-1-5-2-3/h3H,1-2H2. The van der Waals surface area contributed by atoms with Crippen molar-refractivity contribution in [2.24, 2.45) is 0 Å². The van der Waals surface area contributed by atoms with Gasteiger partial charge in [0.25, 0.3) is 0 Å². The first kappa shape index (κ1) is 4.24. The van der Waals surface area contributed by atoms with Crippen molar-refractivity contribution >= 4 is 34.4 Å². The molecule has 0 aromatic rings. The van der Waals surface area contributed by atoms with E-state index in [9.17, 15) is 0 Å². The molecule has 0 unspecified atom stereocenters. The molecule has 5 heavy (non-hydrogen) atoms. The summed E-state index contributed by atoms with van der Waals surface area (Å²) >= 11 is 4.51. The first-order chi connectivity index (χ1) is 2.39. The Bertz CT molecular complexity index is 33.9. The van der Waals surface area contributed by atoms with Gasteiger partial charge < -0.3 is 0 Å². The fourth-order valence-corrected chi connectivity index (χ4v) is 2.15. The van der Waals surface area contributed by atoms with Crippen LogP contribution in [0.2, 0.25) is 0 Å². The van der Waals surface area contributed by atoms with Crippen LogP contribution in [0.4, 0.5) is 0 Å². The number of hydrogen-bond donors (Lipinski definition) is 0. The van der Waals surface area contributed by atoms with Crippen molar-refractivity contribution in [3.8, 4) is 0 Å². The van der Waals surface area contributed by atoms with Gasteiger partial charge in [-0.2, -0.15) is 11.8 Å². The SMILES string of the molecule is IC1CSC1. The van der Waals surface area contributed by atoms with Crippen molar-refractivity contribution in [3.05, 3.63) is 0 Å². The van der Waals surface area contributed by atoms with Gasteiger partial charge in [-0.3, -0.25) is 0 Å². The average Bonchev–Trinajstić information content (AvgIpc) is 1.30. The predicted octanol–water partition coefficient (Wildman–Crippen LogP) is 1.54. The first-order valence-electron chi connectivity index (χ1n) is 1.61. The molecule has 0 aromatic heterocycles. The molecule has 0 aromatic carbocycles. The van der Waals surface area contributed by atoms with E-state index in [-0.39, 0.29) is 0 Å². The minimum absolute atomic E-state index is 0.998. The summed E-state index contributed by atoms with van der Waals surface area (Å²) in [5.74, 6) is 2.78. The number of hydrogen-bond acceptors (Lipinski definition) is 1. The summed E-state index contributed by atoms with van der Waals surface area (Å²) in [4.78, 5) is 0. The molecule has 1 heterocycles. The monoisotopic (exact) mass is 200 g/mol. The zero-order valence-electron chi connectivity index (χ0n) is 2.78. The van der Waals surface area contributed by atoms with Gasteiger partial charge in [-0.1, -0.05) is 22.6 Å². The molecule has 1 aliphatic rings. The lowest BCUT2D eigenvalue weighted by atomic mass is 10.5. The van der Waals surface area contributed by atoms with E-state index in [0.717, 1.165) is 3.92 Å². The molecule has 0 spiro atoms. The average molecular weight is 200 g/mol. The summed E-state index contributed by atoms with van der Waals surface area (Å²) in [5, 5.41) is 0. The van der Waals surface area contributed by atoms with Crippen molar-refractivity contribution in [2.75, 3.05) is 11.5 Å². The van der Waals surface area contributed by atoms with Gasteiger partial charge in [0.1, 0.15) is 0 Å². The summed E-state index contributed by atoms with van der Waals surface area (Å²) in [5.41, 5.74) is 0. The van der Waals surface area contributed by atoms with Crippen molar-refractivity contribution < 1.29 is 0 Å². The van der Waals surface area contributed by atoms with Gasteiger partial charge in [-0.05, 0) is 0 Å². The molecule has 0 radical (unpaired) electrons. The van der Waals surface area contributed by atoms with Crippen LogP contribution in [-0.4, -0.2) is 15.4 Å². The summed E-state index contributed by atoms with van der Waals surface area (Å²) in [6.45, 7) is 0. The lowest BCUT2D eigenvalue weighted by Gasteiger charge is -2.16. The van der Waals surface area contributed by atoms with Gasteiger partial charge in [-0.25, -0.2) is 0 Å². The topological polar surface area (TPSA) is 0 Å². The van der Waals surface area contributed by atoms with Crippen LogP contribution < -0.4 is 0 Å². The van der Waals surface area contributed by atoms with Gasteiger partial charge in [0.15, 0.2) is 0 Å². The lowest BCUT2D eigenvalue weighted by molar-refractivity contribution is 1.13. The number of alkyl halides is 1. The fraction of sp³-hybridized carbons (Fsp3) is 1.00. The maximum absolute atomic E-state index is 2.47. The molecule has 2 heteroatoms. The highest BCUT2D eigenvalue weighted by atomic mass is 127. The Morgan fingerprint density at radius 3 is 2.00 bits per heavy atom. The van der Waals surface area contributed by atoms with Crippen molar-refractivity contribution in [1.29, 1.82) is 0 Å². The van der Waals surface area contributed by atoms with E-state index in [2.05, 4.69) is 22.6 Å². The smallest absolute Gasteiger partial charge is 0.0291 e. The minimum Gasteiger partial charge on any atom is -0.160 e. The van der Waals surface area contributed by atoms with E-state index in [1.165, 1.54) is 11.5 Å². The van der Waals surface area contributed by atoms with Crippen LogP contribution in [0.25, 0.3) is 0 Å². The molecule has 0 bridgehead atoms. The van der Waals surface area contributed by atoms with Gasteiger partial charge in [-0.15, -0.1) is 0 Å². The highest BCUT2D eigenvalue weighted by molar-refractivity contribution is 14.1. The summed E-state index contributed by atoms with van der Waals surface area (Å²) in [7, 11) is 0. The highest BCUT2D eigenvalue weighted by Gasteiger charge is 2.12. The first-order valence-corrected chi connectivity index (χ1v) is 4.01. The van der Waals surface area contributed by atoms with Gasteiger partial charge in [0.2, 0.25) is 0 Å².